The summed E-state index contributed by atoms with van der Waals surface area (Å²) in [5, 5.41) is 11.6. The van der Waals surface area contributed by atoms with Crippen LogP contribution in [0.3, 0.4) is 0 Å². The number of allylic oxidation sites excluding steroid dienone is 1. The van der Waals surface area contributed by atoms with Crippen LogP contribution >= 0.6 is 11.8 Å². The van der Waals surface area contributed by atoms with E-state index >= 15 is 0 Å². The molecule has 0 amide bonds. The van der Waals surface area contributed by atoms with Gasteiger partial charge in [-0.05, 0) is 137 Å². The van der Waals surface area contributed by atoms with Gasteiger partial charge in [0, 0.05) is 50.9 Å². The first-order valence-corrected chi connectivity index (χ1v) is 21.0. The molecule has 290 valence electrons. The van der Waals surface area contributed by atoms with E-state index in [9.17, 15) is 5.26 Å². The summed E-state index contributed by atoms with van der Waals surface area (Å²) >= 11 is 1.59. The third-order valence-electron chi connectivity index (χ3n) is 10.9. The fourth-order valence-electron chi connectivity index (χ4n) is 8.20. The lowest BCUT2D eigenvalue weighted by Crippen LogP contribution is -2.27. The molecule has 0 spiro atoms. The Morgan fingerprint density at radius 2 is 0.966 bits per heavy atom. The number of rotatable bonds is 10. The number of nitriles is 1. The summed E-state index contributed by atoms with van der Waals surface area (Å²) < 4.78 is 0. The molecule has 0 fully saturated rings. The van der Waals surface area contributed by atoms with Gasteiger partial charge in [0.2, 0.25) is 0 Å². The van der Waals surface area contributed by atoms with Crippen LogP contribution in [0.1, 0.15) is 72.2 Å². The maximum Gasteiger partial charge on any atom is 0.120 e. The van der Waals surface area contributed by atoms with Crippen molar-refractivity contribution in [3.05, 3.63) is 195 Å². The molecular weight excluding hydrogens is 725 g/mol. The van der Waals surface area contributed by atoms with Gasteiger partial charge in [0.05, 0.1) is 11.3 Å². The minimum atomic E-state index is 0.244. The van der Waals surface area contributed by atoms with Crippen molar-refractivity contribution in [3.63, 3.8) is 0 Å². The van der Waals surface area contributed by atoms with E-state index in [0.717, 1.165) is 55.4 Å². The van der Waals surface area contributed by atoms with Crippen LogP contribution in [0.15, 0.2) is 155 Å². The first kappa shape index (κ1) is 40.1. The van der Waals surface area contributed by atoms with Crippen LogP contribution in [0.25, 0.3) is 11.1 Å². The van der Waals surface area contributed by atoms with Gasteiger partial charge in [-0.2, -0.15) is 5.26 Å². The Balaban J connectivity index is 1.46. The van der Waals surface area contributed by atoms with Crippen molar-refractivity contribution >= 4 is 56.4 Å². The number of thioether (sulfide) groups is 1. The number of para-hydroxylation sites is 3. The Kier molecular flexibility index (Phi) is 11.9. The van der Waals surface area contributed by atoms with Crippen molar-refractivity contribution in [1.29, 1.82) is 5.26 Å². The summed E-state index contributed by atoms with van der Waals surface area (Å²) in [6.07, 6.45) is 0. The zero-order valence-corrected chi connectivity index (χ0v) is 35.9. The van der Waals surface area contributed by atoms with Crippen LogP contribution in [0.2, 0.25) is 0 Å². The van der Waals surface area contributed by atoms with E-state index in [4.69, 9.17) is 4.99 Å². The largest absolute Gasteiger partial charge is 0.338 e. The third kappa shape index (κ3) is 7.90. The summed E-state index contributed by atoms with van der Waals surface area (Å²) in [4.78, 5) is 11.1. The van der Waals surface area contributed by atoms with E-state index < -0.39 is 0 Å². The molecule has 0 atom stereocenters. The summed E-state index contributed by atoms with van der Waals surface area (Å²) in [5.74, 6) is 0. The maximum atomic E-state index is 10.9. The molecule has 0 aromatic heterocycles. The number of benzene rings is 6. The van der Waals surface area contributed by atoms with Gasteiger partial charge in [-0.25, -0.2) is 4.99 Å². The number of hydrogen-bond acceptors (Lipinski definition) is 5. The van der Waals surface area contributed by atoms with Crippen LogP contribution in [0.4, 0.5) is 28.4 Å². The van der Waals surface area contributed by atoms with Gasteiger partial charge in [0.25, 0.3) is 0 Å². The molecular formula is C53H52N4S. The molecule has 0 unspecified atom stereocenters. The van der Waals surface area contributed by atoms with Crippen LogP contribution in [-0.4, -0.2) is 17.1 Å². The quantitative estimate of drug-likeness (QED) is 0.139. The second-order valence-corrected chi connectivity index (χ2v) is 16.7. The zero-order chi connectivity index (χ0) is 41.1. The highest BCUT2D eigenvalue weighted by Gasteiger charge is 2.32. The topological polar surface area (TPSA) is 42.6 Å². The first-order chi connectivity index (χ1) is 28.0. The number of nitrogens with zero attached hydrogens (tertiary/aromatic N) is 4. The second-order valence-electron chi connectivity index (χ2n) is 15.7. The molecule has 7 rings (SSSR count). The van der Waals surface area contributed by atoms with Crippen molar-refractivity contribution < 1.29 is 0 Å². The maximum absolute atomic E-state index is 10.9. The van der Waals surface area contributed by atoms with Crippen LogP contribution in [0.5, 0.6) is 0 Å². The molecule has 6 aromatic rings. The van der Waals surface area contributed by atoms with Crippen molar-refractivity contribution in [2.45, 2.75) is 74.4 Å². The fraction of sp³-hybridized carbons (Fsp3) is 0.208. The standard InChI is InChI=1S/C53H52N4S/c1-34(2)56(50-37(6)18-15-19-38(50)7)44-29-25-42(26-30-44)48(43-27-31-45(32-28-43)57(35(3)4)51-39(8)20-16-21-40(51)9)52-49(41-22-11-10-12-23-41)46(33-54)53(58-52)55-47-24-14-13-17-36(47)5/h10-32,34-35H,1-9H3. The van der Waals surface area contributed by atoms with Crippen molar-refractivity contribution in [1.82, 2.24) is 0 Å². The van der Waals surface area contributed by atoms with Crippen LogP contribution in [0, 0.1) is 45.9 Å². The lowest BCUT2D eigenvalue weighted by atomic mass is 9.91. The molecule has 1 aliphatic rings. The van der Waals surface area contributed by atoms with Gasteiger partial charge in [0.15, 0.2) is 0 Å². The normalized spacial score (nSPS) is 13.4. The lowest BCUT2D eigenvalue weighted by molar-refractivity contribution is 0.784. The molecule has 4 nitrogen and oxygen atoms in total. The molecule has 1 heterocycles. The van der Waals surface area contributed by atoms with Crippen LogP contribution < -0.4 is 9.80 Å². The highest BCUT2D eigenvalue weighted by atomic mass is 32.2. The molecule has 58 heavy (non-hydrogen) atoms. The van der Waals surface area contributed by atoms with Gasteiger partial charge in [-0.3, -0.25) is 0 Å². The van der Waals surface area contributed by atoms with E-state index in [1.807, 2.05) is 36.4 Å². The molecule has 6 aromatic carbocycles. The Morgan fingerprint density at radius 1 is 0.534 bits per heavy atom. The summed E-state index contributed by atoms with van der Waals surface area (Å²) in [5.41, 5.74) is 17.4. The Hall–Kier alpha value is -6.09. The average Bonchev–Trinajstić information content (AvgIpc) is 3.57. The fourth-order valence-corrected chi connectivity index (χ4v) is 9.45. The summed E-state index contributed by atoms with van der Waals surface area (Å²) in [6.45, 7) is 19.8. The van der Waals surface area contributed by atoms with Gasteiger partial charge in [0.1, 0.15) is 11.1 Å². The Bertz CT molecular complexity index is 2440. The molecule has 0 N–H and O–H groups in total. The predicted molar refractivity (Wildman–Crippen MR) is 250 cm³/mol. The number of anilines is 4. The highest BCUT2D eigenvalue weighted by molar-refractivity contribution is 8.19. The summed E-state index contributed by atoms with van der Waals surface area (Å²) in [6, 6.07) is 52.5. The Morgan fingerprint density at radius 3 is 1.40 bits per heavy atom. The summed E-state index contributed by atoms with van der Waals surface area (Å²) in [7, 11) is 0. The van der Waals surface area contributed by atoms with E-state index in [-0.39, 0.29) is 12.1 Å². The minimum Gasteiger partial charge on any atom is -0.338 e. The van der Waals surface area contributed by atoms with Gasteiger partial charge >= 0.3 is 0 Å². The monoisotopic (exact) mass is 776 g/mol. The van der Waals surface area contributed by atoms with Gasteiger partial charge in [-0.1, -0.05) is 121 Å². The number of aliphatic imine (C=N–C) groups is 1. The highest BCUT2D eigenvalue weighted by Crippen LogP contribution is 2.50. The van der Waals surface area contributed by atoms with Gasteiger partial charge in [-0.15, -0.1) is 0 Å². The van der Waals surface area contributed by atoms with Crippen molar-refractivity contribution in [2.75, 3.05) is 9.80 Å². The van der Waals surface area contributed by atoms with E-state index in [1.54, 1.807) is 11.8 Å². The van der Waals surface area contributed by atoms with E-state index in [2.05, 4.69) is 181 Å². The second kappa shape index (κ2) is 17.2. The van der Waals surface area contributed by atoms with E-state index in [0.29, 0.717) is 10.6 Å². The molecule has 0 saturated carbocycles. The molecule has 0 radical (unpaired) electrons. The average molecular weight is 777 g/mol. The SMILES string of the molecule is Cc1ccccc1N=C1SC(=C(c2ccc(N(c3c(C)cccc3C)C(C)C)cc2)c2ccc(N(c3c(C)cccc3C)C(C)C)cc2)C(c2ccccc2)=C1C#N. The van der Waals surface area contributed by atoms with Crippen LogP contribution in [-0.2, 0) is 0 Å². The number of aryl methyl sites for hydroxylation is 5. The van der Waals surface area contributed by atoms with Crippen molar-refractivity contribution in [3.8, 4) is 6.07 Å². The lowest BCUT2D eigenvalue weighted by Gasteiger charge is -2.32. The van der Waals surface area contributed by atoms with Crippen molar-refractivity contribution in [2.24, 2.45) is 4.99 Å². The predicted octanol–water partition coefficient (Wildman–Crippen LogP) is 14.5. The third-order valence-corrected chi connectivity index (χ3v) is 12.0. The molecule has 0 saturated heterocycles. The Labute approximate surface area is 349 Å². The van der Waals surface area contributed by atoms with E-state index in [1.165, 1.54) is 33.6 Å². The molecule has 5 heteroatoms. The smallest absolute Gasteiger partial charge is 0.120 e. The number of hydrogen-bond donors (Lipinski definition) is 0. The molecule has 0 aliphatic carbocycles. The molecule has 1 aliphatic heterocycles. The molecule has 0 bridgehead atoms. The van der Waals surface area contributed by atoms with Gasteiger partial charge < -0.3 is 9.80 Å². The minimum absolute atomic E-state index is 0.244. The first-order valence-electron chi connectivity index (χ1n) is 20.2. The zero-order valence-electron chi connectivity index (χ0n) is 35.1.